The second-order valence-electron chi connectivity index (χ2n) is 5.60. The molecule has 0 saturated heterocycles. The molecule has 2 aromatic rings. The third-order valence-electron chi connectivity index (χ3n) is 3.58. The molecule has 2 rings (SSSR count). The van der Waals surface area contributed by atoms with E-state index < -0.39 is 17.8 Å². The van der Waals surface area contributed by atoms with Gasteiger partial charge >= 0.3 is 5.97 Å². The molecule has 9 heteroatoms. The van der Waals surface area contributed by atoms with Crippen molar-refractivity contribution in [3.8, 4) is 5.75 Å². The van der Waals surface area contributed by atoms with Crippen LogP contribution in [-0.2, 0) is 16.0 Å². The molecule has 0 aliphatic carbocycles. The van der Waals surface area contributed by atoms with Crippen LogP contribution in [0.15, 0.2) is 36.5 Å². The van der Waals surface area contributed by atoms with Crippen molar-refractivity contribution in [2.24, 2.45) is 5.73 Å². The summed E-state index contributed by atoms with van der Waals surface area (Å²) in [5.74, 6) is -2.45. The number of nitrogens with one attached hydrogen (secondary N) is 1. The zero-order valence-corrected chi connectivity index (χ0v) is 15.2. The third-order valence-corrected chi connectivity index (χ3v) is 3.58. The molecule has 0 fully saturated rings. The smallest absolute Gasteiger partial charge is 0.339 e. The summed E-state index contributed by atoms with van der Waals surface area (Å²) >= 11 is 0. The van der Waals surface area contributed by atoms with Gasteiger partial charge in [0.25, 0.3) is 5.91 Å². The molecular formula is C19H20FN3O5. The van der Waals surface area contributed by atoms with Crippen LogP contribution in [0.25, 0.3) is 0 Å². The van der Waals surface area contributed by atoms with E-state index >= 15 is 0 Å². The zero-order chi connectivity index (χ0) is 20.5. The molecule has 1 aromatic heterocycles. The van der Waals surface area contributed by atoms with Crippen LogP contribution in [-0.4, -0.2) is 42.5 Å². The molecule has 0 saturated carbocycles. The number of esters is 1. The number of benzene rings is 1. The van der Waals surface area contributed by atoms with Crippen LogP contribution in [0.4, 0.5) is 4.39 Å². The van der Waals surface area contributed by atoms with Crippen molar-refractivity contribution in [2.45, 2.75) is 13.3 Å². The first-order valence-electron chi connectivity index (χ1n) is 8.53. The van der Waals surface area contributed by atoms with E-state index in [0.29, 0.717) is 6.42 Å². The fourth-order valence-corrected chi connectivity index (χ4v) is 2.22. The summed E-state index contributed by atoms with van der Waals surface area (Å²) in [7, 11) is 0. The fraction of sp³-hybridized carbons (Fsp3) is 0.263. The molecule has 0 spiro atoms. The van der Waals surface area contributed by atoms with Crippen molar-refractivity contribution in [1.29, 1.82) is 0 Å². The van der Waals surface area contributed by atoms with Crippen LogP contribution in [0.5, 0.6) is 5.75 Å². The number of ether oxygens (including phenoxy) is 2. The van der Waals surface area contributed by atoms with Crippen molar-refractivity contribution in [1.82, 2.24) is 10.3 Å². The van der Waals surface area contributed by atoms with Gasteiger partial charge in [0.15, 0.2) is 11.4 Å². The van der Waals surface area contributed by atoms with E-state index in [1.807, 2.05) is 0 Å². The Labute approximate surface area is 160 Å². The Morgan fingerprint density at radius 2 is 1.93 bits per heavy atom. The summed E-state index contributed by atoms with van der Waals surface area (Å²) < 4.78 is 23.5. The van der Waals surface area contributed by atoms with Gasteiger partial charge in [-0.05, 0) is 30.7 Å². The molecule has 0 radical (unpaired) electrons. The molecule has 3 N–H and O–H groups in total. The highest BCUT2D eigenvalue weighted by molar-refractivity contribution is 6.06. The van der Waals surface area contributed by atoms with Crippen LogP contribution in [0.3, 0.4) is 0 Å². The molecule has 0 aliphatic rings. The van der Waals surface area contributed by atoms with E-state index in [9.17, 15) is 18.8 Å². The molecular weight excluding hydrogens is 369 g/mol. The molecule has 1 aromatic carbocycles. The van der Waals surface area contributed by atoms with Crippen LogP contribution < -0.4 is 15.8 Å². The van der Waals surface area contributed by atoms with Gasteiger partial charge in [0.05, 0.1) is 25.3 Å². The maximum Gasteiger partial charge on any atom is 0.339 e. The second kappa shape index (κ2) is 10.1. The van der Waals surface area contributed by atoms with Crippen LogP contribution in [0, 0.1) is 5.82 Å². The standard InChI is InChI=1S/C19H20FN3O5/c1-2-27-19(26)13-9-15(17(22-11-13)18(25)23-16(24)10-21)28-8-7-12-3-5-14(20)6-4-12/h3-6,9,11H,2,7-8,10,21H2,1H3,(H,23,24,25). The Bertz CT molecular complexity index is 855. The van der Waals surface area contributed by atoms with Gasteiger partial charge in [0, 0.05) is 12.6 Å². The molecule has 28 heavy (non-hydrogen) atoms. The number of amides is 2. The van der Waals surface area contributed by atoms with Gasteiger partial charge in [-0.2, -0.15) is 0 Å². The number of hydrogen-bond acceptors (Lipinski definition) is 7. The lowest BCUT2D eigenvalue weighted by Gasteiger charge is -2.12. The maximum atomic E-state index is 13.0. The number of aromatic nitrogens is 1. The van der Waals surface area contributed by atoms with Crippen LogP contribution in [0.2, 0.25) is 0 Å². The van der Waals surface area contributed by atoms with Crippen molar-refractivity contribution < 1.29 is 28.2 Å². The highest BCUT2D eigenvalue weighted by Gasteiger charge is 2.20. The molecule has 8 nitrogen and oxygen atoms in total. The summed E-state index contributed by atoms with van der Waals surface area (Å²) in [5.41, 5.74) is 5.93. The highest BCUT2D eigenvalue weighted by atomic mass is 19.1. The first kappa shape index (κ1) is 21.0. The first-order chi connectivity index (χ1) is 13.4. The lowest BCUT2D eigenvalue weighted by atomic mass is 10.1. The number of carbonyl (C=O) groups excluding carboxylic acids is 3. The molecule has 0 unspecified atom stereocenters. The SMILES string of the molecule is CCOC(=O)c1cnc(C(=O)NC(=O)CN)c(OCCc2ccc(F)cc2)c1. The number of rotatable bonds is 8. The van der Waals surface area contributed by atoms with Gasteiger partial charge < -0.3 is 15.2 Å². The van der Waals surface area contributed by atoms with E-state index in [1.165, 1.54) is 18.2 Å². The topological polar surface area (TPSA) is 121 Å². The Morgan fingerprint density at radius 1 is 1.21 bits per heavy atom. The predicted molar refractivity (Wildman–Crippen MR) is 97.3 cm³/mol. The Hall–Kier alpha value is -3.33. The minimum atomic E-state index is -0.803. The Morgan fingerprint density at radius 3 is 2.57 bits per heavy atom. The van der Waals surface area contributed by atoms with Gasteiger partial charge in [-0.25, -0.2) is 14.2 Å². The fourth-order valence-electron chi connectivity index (χ4n) is 2.22. The number of nitrogens with zero attached hydrogens (tertiary/aromatic N) is 1. The number of halogens is 1. The van der Waals surface area contributed by atoms with E-state index in [0.717, 1.165) is 11.8 Å². The maximum absolute atomic E-state index is 13.0. The monoisotopic (exact) mass is 389 g/mol. The number of imide groups is 1. The Kier molecular flexibility index (Phi) is 7.58. The lowest BCUT2D eigenvalue weighted by molar-refractivity contribution is -0.118. The zero-order valence-electron chi connectivity index (χ0n) is 15.2. The van der Waals surface area contributed by atoms with Crippen molar-refractivity contribution in [3.63, 3.8) is 0 Å². The molecule has 1 heterocycles. The summed E-state index contributed by atoms with van der Waals surface area (Å²) in [4.78, 5) is 39.4. The molecule has 0 atom stereocenters. The average molecular weight is 389 g/mol. The lowest BCUT2D eigenvalue weighted by Crippen LogP contribution is -2.36. The van der Waals surface area contributed by atoms with E-state index in [4.69, 9.17) is 15.2 Å². The molecule has 0 aliphatic heterocycles. The number of nitrogens with two attached hydrogens (primary N) is 1. The normalized spacial score (nSPS) is 10.2. The summed E-state index contributed by atoms with van der Waals surface area (Å²) in [6.07, 6.45) is 1.58. The molecule has 148 valence electrons. The predicted octanol–water partition coefficient (Wildman–Crippen LogP) is 1.23. The highest BCUT2D eigenvalue weighted by Crippen LogP contribution is 2.19. The van der Waals surface area contributed by atoms with Crippen molar-refractivity contribution in [2.75, 3.05) is 19.8 Å². The van der Waals surface area contributed by atoms with E-state index in [1.54, 1.807) is 19.1 Å². The summed E-state index contributed by atoms with van der Waals surface area (Å²) in [6, 6.07) is 7.20. The summed E-state index contributed by atoms with van der Waals surface area (Å²) in [6.45, 7) is 1.59. The van der Waals surface area contributed by atoms with E-state index in [-0.39, 0.29) is 42.6 Å². The van der Waals surface area contributed by atoms with E-state index in [2.05, 4.69) is 10.3 Å². The van der Waals surface area contributed by atoms with Gasteiger partial charge in [0.1, 0.15) is 5.82 Å². The molecule has 2 amide bonds. The van der Waals surface area contributed by atoms with Gasteiger partial charge in [-0.3, -0.25) is 14.9 Å². The molecule has 0 bridgehead atoms. The Balaban J connectivity index is 2.19. The average Bonchev–Trinajstić information content (AvgIpc) is 2.69. The number of carbonyl (C=O) groups is 3. The number of hydrogen-bond donors (Lipinski definition) is 2. The van der Waals surface area contributed by atoms with Gasteiger partial charge in [0.2, 0.25) is 5.91 Å². The minimum Gasteiger partial charge on any atom is -0.491 e. The van der Waals surface area contributed by atoms with Gasteiger partial charge in [-0.1, -0.05) is 12.1 Å². The van der Waals surface area contributed by atoms with Crippen molar-refractivity contribution in [3.05, 3.63) is 59.2 Å². The summed E-state index contributed by atoms with van der Waals surface area (Å²) in [5, 5.41) is 2.07. The van der Waals surface area contributed by atoms with Crippen LogP contribution >= 0.6 is 0 Å². The van der Waals surface area contributed by atoms with Gasteiger partial charge in [-0.15, -0.1) is 0 Å². The minimum absolute atomic E-state index is 0.00925. The second-order valence-corrected chi connectivity index (χ2v) is 5.60. The first-order valence-corrected chi connectivity index (χ1v) is 8.53. The number of pyridine rings is 1. The van der Waals surface area contributed by atoms with Crippen molar-refractivity contribution >= 4 is 17.8 Å². The van der Waals surface area contributed by atoms with Crippen LogP contribution in [0.1, 0.15) is 33.3 Å². The third kappa shape index (κ3) is 5.85. The quantitative estimate of drug-likeness (QED) is 0.652. The largest absolute Gasteiger partial charge is 0.491 e.